The van der Waals surface area contributed by atoms with Crippen LogP contribution in [0.2, 0.25) is 0 Å². The van der Waals surface area contributed by atoms with Crippen molar-refractivity contribution < 1.29 is 13.2 Å². The van der Waals surface area contributed by atoms with E-state index >= 15 is 0 Å². The van der Waals surface area contributed by atoms with Crippen LogP contribution in [0.15, 0.2) is 79.1 Å². The van der Waals surface area contributed by atoms with Crippen LogP contribution in [-0.4, -0.2) is 36.4 Å². The Balaban J connectivity index is 1.65. The number of aromatic nitrogens is 2. The van der Waals surface area contributed by atoms with E-state index in [4.69, 9.17) is 17.0 Å². The van der Waals surface area contributed by atoms with Gasteiger partial charge in [0.05, 0.1) is 30.8 Å². The third kappa shape index (κ3) is 4.97. The molecule has 8 nitrogen and oxygen atoms in total. The summed E-state index contributed by atoms with van der Waals surface area (Å²) in [4.78, 5) is 6.68. The molecule has 0 aliphatic carbocycles. The van der Waals surface area contributed by atoms with Crippen LogP contribution in [-0.2, 0) is 10.0 Å². The monoisotopic (exact) mass is 547 g/mol. The van der Waals surface area contributed by atoms with Gasteiger partial charge in [-0.15, -0.1) is 0 Å². The third-order valence-corrected chi connectivity index (χ3v) is 7.61. The Morgan fingerprint density at radius 1 is 1.00 bits per heavy atom. The van der Waals surface area contributed by atoms with E-state index in [0.717, 1.165) is 29.0 Å². The fourth-order valence-electron chi connectivity index (χ4n) is 4.79. The number of sulfonamides is 1. The number of ether oxygens (including phenoxy) is 1. The summed E-state index contributed by atoms with van der Waals surface area (Å²) in [6.07, 6.45) is 4.93. The molecular formula is C28H29N5O3S2. The lowest BCUT2D eigenvalue weighted by Crippen LogP contribution is -2.30. The molecule has 4 aromatic rings. The molecule has 1 saturated heterocycles. The van der Waals surface area contributed by atoms with Gasteiger partial charge >= 0.3 is 0 Å². The maximum absolute atomic E-state index is 11.9. The number of benzene rings is 2. The average molecular weight is 548 g/mol. The van der Waals surface area contributed by atoms with E-state index < -0.39 is 10.0 Å². The summed E-state index contributed by atoms with van der Waals surface area (Å²) in [7, 11) is -1.97. The molecule has 0 radical (unpaired) electrons. The lowest BCUT2D eigenvalue weighted by molar-refractivity contribution is 0.417. The molecular weight excluding hydrogens is 518 g/mol. The third-order valence-electron chi connectivity index (χ3n) is 6.71. The molecule has 2 aromatic carbocycles. The highest BCUT2D eigenvalue weighted by molar-refractivity contribution is 7.92. The van der Waals surface area contributed by atoms with Crippen molar-refractivity contribution in [3.05, 3.63) is 102 Å². The highest BCUT2D eigenvalue weighted by Gasteiger charge is 2.42. The van der Waals surface area contributed by atoms with Gasteiger partial charge in [0.15, 0.2) is 5.11 Å². The zero-order valence-corrected chi connectivity index (χ0v) is 23.2. The van der Waals surface area contributed by atoms with Crippen LogP contribution in [0.1, 0.15) is 34.6 Å². The minimum Gasteiger partial charge on any atom is -0.494 e. The summed E-state index contributed by atoms with van der Waals surface area (Å²) in [6, 6.07) is 21.2. The standard InChI is InChI=1S/C28H29N5O3S2/c1-18-10-11-20(16-19(18)2)32-15-7-9-24(32)27-26(23-8-5-6-14-29-23)30-28(37)33(27)21-12-13-22(25(17-21)36-3)31-38(4,34)35/h5-17,26-27,31H,1-4H3,(H,30,37)/t26-,27+/m0/s1. The Bertz CT molecular complexity index is 1600. The molecule has 5 rings (SSSR count). The Labute approximate surface area is 228 Å². The number of aryl methyl sites for hydroxylation is 2. The van der Waals surface area contributed by atoms with Crippen molar-refractivity contribution in [2.24, 2.45) is 0 Å². The fourth-order valence-corrected chi connectivity index (χ4v) is 5.71. The largest absolute Gasteiger partial charge is 0.494 e. The minimum absolute atomic E-state index is 0.233. The van der Waals surface area contributed by atoms with Crippen LogP contribution in [0.25, 0.3) is 5.69 Å². The lowest BCUT2D eigenvalue weighted by Gasteiger charge is -2.29. The van der Waals surface area contributed by atoms with Crippen molar-refractivity contribution in [2.75, 3.05) is 23.0 Å². The topological polar surface area (TPSA) is 88.5 Å². The minimum atomic E-state index is -3.48. The van der Waals surface area contributed by atoms with Crippen molar-refractivity contribution in [3.63, 3.8) is 0 Å². The molecule has 0 bridgehead atoms. The predicted octanol–water partition coefficient (Wildman–Crippen LogP) is 5.05. The van der Waals surface area contributed by atoms with E-state index in [9.17, 15) is 8.42 Å². The number of hydrogen-bond acceptors (Lipinski definition) is 5. The van der Waals surface area contributed by atoms with Gasteiger partial charge in [0.1, 0.15) is 11.8 Å². The highest BCUT2D eigenvalue weighted by Crippen LogP contribution is 2.44. The number of nitrogens with zero attached hydrogens (tertiary/aromatic N) is 3. The van der Waals surface area contributed by atoms with Gasteiger partial charge in [-0.3, -0.25) is 9.71 Å². The Morgan fingerprint density at radius 2 is 1.79 bits per heavy atom. The van der Waals surface area contributed by atoms with Gasteiger partial charge in [-0.25, -0.2) is 8.42 Å². The van der Waals surface area contributed by atoms with Crippen LogP contribution >= 0.6 is 12.2 Å². The quantitative estimate of drug-likeness (QED) is 0.313. The molecule has 38 heavy (non-hydrogen) atoms. The predicted molar refractivity (Wildman–Crippen MR) is 155 cm³/mol. The fraction of sp³-hybridized carbons (Fsp3) is 0.214. The second-order valence-corrected chi connectivity index (χ2v) is 11.5. The Kier molecular flexibility index (Phi) is 6.85. The molecule has 0 unspecified atom stereocenters. The maximum atomic E-state index is 11.9. The van der Waals surface area contributed by atoms with Gasteiger partial charge < -0.3 is 19.5 Å². The summed E-state index contributed by atoms with van der Waals surface area (Å²) in [5.41, 5.74) is 6.48. The second-order valence-electron chi connectivity index (χ2n) is 9.33. The summed E-state index contributed by atoms with van der Waals surface area (Å²) in [5.74, 6) is 0.389. The number of nitrogens with one attached hydrogen (secondary N) is 2. The second kappa shape index (κ2) is 10.1. The number of pyridine rings is 1. The lowest BCUT2D eigenvalue weighted by atomic mass is 10.0. The molecule has 1 aliphatic heterocycles. The Hall–Kier alpha value is -3.89. The summed E-state index contributed by atoms with van der Waals surface area (Å²) in [5, 5.41) is 4.01. The smallest absolute Gasteiger partial charge is 0.229 e. The first-order valence-corrected chi connectivity index (χ1v) is 14.4. The van der Waals surface area contributed by atoms with E-state index in [1.54, 1.807) is 18.3 Å². The van der Waals surface area contributed by atoms with Crippen LogP contribution in [0.4, 0.5) is 11.4 Å². The number of rotatable bonds is 7. The molecule has 2 atom stereocenters. The molecule has 0 saturated carbocycles. The molecule has 0 spiro atoms. The zero-order valence-electron chi connectivity index (χ0n) is 21.5. The van der Waals surface area contributed by atoms with Gasteiger partial charge in [0.25, 0.3) is 0 Å². The highest BCUT2D eigenvalue weighted by atomic mass is 32.2. The SMILES string of the molecule is COc1cc(N2C(=S)N[C@@H](c3ccccn3)[C@H]2c2cccn2-c2ccc(C)c(C)c2)ccc1NS(C)(=O)=O. The van der Waals surface area contributed by atoms with E-state index in [2.05, 4.69) is 57.7 Å². The molecule has 196 valence electrons. The van der Waals surface area contributed by atoms with E-state index in [-0.39, 0.29) is 12.1 Å². The van der Waals surface area contributed by atoms with Gasteiger partial charge in [-0.2, -0.15) is 0 Å². The molecule has 0 amide bonds. The van der Waals surface area contributed by atoms with Gasteiger partial charge in [0, 0.05) is 35.5 Å². The first-order chi connectivity index (χ1) is 18.2. The average Bonchev–Trinajstić information content (AvgIpc) is 3.50. The molecule has 3 heterocycles. The summed E-state index contributed by atoms with van der Waals surface area (Å²) in [6.45, 7) is 4.21. The van der Waals surface area contributed by atoms with Crippen molar-refractivity contribution in [2.45, 2.75) is 25.9 Å². The zero-order chi connectivity index (χ0) is 27.0. The number of hydrogen-bond donors (Lipinski definition) is 2. The molecule has 2 N–H and O–H groups in total. The van der Waals surface area contributed by atoms with Crippen molar-refractivity contribution in [1.29, 1.82) is 0 Å². The van der Waals surface area contributed by atoms with E-state index in [0.29, 0.717) is 16.5 Å². The van der Waals surface area contributed by atoms with Crippen LogP contribution < -0.4 is 19.7 Å². The van der Waals surface area contributed by atoms with Crippen molar-refractivity contribution >= 4 is 38.7 Å². The molecule has 1 fully saturated rings. The van der Waals surface area contributed by atoms with Crippen molar-refractivity contribution in [1.82, 2.24) is 14.9 Å². The number of methoxy groups -OCH3 is 1. The van der Waals surface area contributed by atoms with Crippen LogP contribution in [0, 0.1) is 13.8 Å². The maximum Gasteiger partial charge on any atom is 0.229 e. The Morgan fingerprint density at radius 3 is 2.47 bits per heavy atom. The van der Waals surface area contributed by atoms with Crippen LogP contribution in [0.3, 0.4) is 0 Å². The molecule has 2 aromatic heterocycles. The van der Waals surface area contributed by atoms with Crippen molar-refractivity contribution in [3.8, 4) is 11.4 Å². The van der Waals surface area contributed by atoms with Crippen LogP contribution in [0.5, 0.6) is 5.75 Å². The first-order valence-electron chi connectivity index (χ1n) is 12.1. The first kappa shape index (κ1) is 25.7. The van der Waals surface area contributed by atoms with Gasteiger partial charge in [-0.1, -0.05) is 12.1 Å². The van der Waals surface area contributed by atoms with E-state index in [1.165, 1.54) is 18.2 Å². The van der Waals surface area contributed by atoms with Gasteiger partial charge in [0.2, 0.25) is 10.0 Å². The normalized spacial score (nSPS) is 17.4. The summed E-state index contributed by atoms with van der Waals surface area (Å²) < 4.78 is 34.0. The molecule has 10 heteroatoms. The van der Waals surface area contributed by atoms with Gasteiger partial charge in [-0.05, 0) is 85.7 Å². The number of thiocarbonyl (C=S) groups is 1. The molecule has 1 aliphatic rings. The summed E-state index contributed by atoms with van der Waals surface area (Å²) >= 11 is 5.87. The van der Waals surface area contributed by atoms with E-state index in [1.807, 2.05) is 41.4 Å². The number of anilines is 2.